The number of carbonyl (C=O) groups is 7. The maximum absolute atomic E-state index is 15.5. The minimum Gasteiger partial charge on any atom is -0.545 e. The van der Waals surface area contributed by atoms with Gasteiger partial charge in [0, 0.05) is 49.9 Å². The number of anilines is 1. The van der Waals surface area contributed by atoms with Crippen LogP contribution in [0, 0.1) is 16.7 Å². The summed E-state index contributed by atoms with van der Waals surface area (Å²) < 4.78 is 30.3. The standard InChI is InChI=1S/C47H51NO14.C10H11NO2.Na/c1-25-31(60-43(56)36(52)35(28-16-10-7-11-17-28)48-41(54)29-18-12-8-13-19-29)23-47(57)40(61-42(55)30-20-14-9-15-21-30)38-45(6,32(51)22-33-46(38,24-58-33)62-27(3)50)39(53)37(59-26(2)49)34(25)44(47,4)5;1-2-7-11-9-5-3-8(4-6-9)10(12)13;/h7-21,31-33,35-38,40,51-52,57H,22-24H2,1-6H3,(H,48,54);2-6,11H,1,7H2,(H,12,13);/q;;+1/p-1/t31-,32-,33+,35-,36+,37+,38-,40-,45+,46-,47+;;/m0../s1. The first-order chi connectivity index (χ1) is 35.5. The summed E-state index contributed by atoms with van der Waals surface area (Å²) in [7, 11) is 0. The fraction of sp³-hybridized carbons (Fsp3) is 0.386. The Morgan fingerprint density at radius 2 is 1.41 bits per heavy atom. The normalized spacial score (nSPS) is 27.6. The van der Waals surface area contributed by atoms with E-state index in [4.69, 9.17) is 23.7 Å². The van der Waals surface area contributed by atoms with Crippen molar-refractivity contribution in [2.75, 3.05) is 18.5 Å². The summed E-state index contributed by atoms with van der Waals surface area (Å²) in [4.78, 5) is 93.8. The monoisotopic (exact) mass is 1050 g/mol. The van der Waals surface area contributed by atoms with Crippen molar-refractivity contribution < 1.29 is 107 Å². The Kier molecular flexibility index (Phi) is 18.4. The molecule has 4 aromatic carbocycles. The van der Waals surface area contributed by atoms with Gasteiger partial charge >= 0.3 is 53.4 Å². The second-order valence-corrected chi connectivity index (χ2v) is 19.9. The number of hydrogen-bond donors (Lipinski definition) is 5. The maximum Gasteiger partial charge on any atom is 1.00 e. The molecule has 1 saturated heterocycles. The average molecular weight is 1050 g/mol. The third-order valence-electron chi connectivity index (χ3n) is 15.1. The van der Waals surface area contributed by atoms with Gasteiger partial charge in [0.25, 0.3) is 5.91 Å². The number of fused-ring (bicyclic) bond motifs is 5. The van der Waals surface area contributed by atoms with Crippen molar-refractivity contribution >= 4 is 47.2 Å². The van der Waals surface area contributed by atoms with Gasteiger partial charge in [-0.25, -0.2) is 9.59 Å². The fourth-order valence-electron chi connectivity index (χ4n) is 11.1. The van der Waals surface area contributed by atoms with Gasteiger partial charge in [-0.3, -0.25) is 19.2 Å². The number of aliphatic hydroxyl groups is 3. The number of Topliss-reactive ketones (excluding diaryl/α,β-unsaturated/α-hetero) is 1. The van der Waals surface area contributed by atoms with Crippen LogP contribution in [0.5, 0.6) is 0 Å². The van der Waals surface area contributed by atoms with Gasteiger partial charge in [0.05, 0.1) is 41.6 Å². The van der Waals surface area contributed by atoms with Crippen molar-refractivity contribution in [2.24, 2.45) is 16.7 Å². The number of nitrogens with one attached hydrogen (secondary N) is 2. The number of ether oxygens (including phenoxy) is 5. The first kappa shape index (κ1) is 58.7. The number of benzene rings is 4. The smallest absolute Gasteiger partial charge is 0.545 e. The van der Waals surface area contributed by atoms with Gasteiger partial charge in [-0.15, -0.1) is 6.58 Å². The van der Waals surface area contributed by atoms with Crippen molar-refractivity contribution in [3.63, 3.8) is 0 Å². The van der Waals surface area contributed by atoms with Crippen molar-refractivity contribution in [2.45, 2.75) is 108 Å². The Balaban J connectivity index is 0.000000586. The van der Waals surface area contributed by atoms with Crippen LogP contribution in [0.15, 0.2) is 139 Å². The van der Waals surface area contributed by atoms with E-state index >= 15 is 4.79 Å². The SMILES string of the molecule is C=CCNc1ccc(C(=O)[O-])cc1.CC(=O)O[C@H]1C(=O)[C@@]2(C)[C@H]([C@H](OC(=O)c3ccccc3)[C@]3(O)C[C@H](OC(=O)[C@H](O)[C@@H](NC(=O)c4ccccc4)c4ccccc4)C(C)=C1C3(C)C)[C@]1(OC(C)=O)CO[C@@H]1C[C@@H]2O.[Na+]. The van der Waals surface area contributed by atoms with E-state index in [1.165, 1.54) is 38.1 Å². The van der Waals surface area contributed by atoms with E-state index in [9.17, 15) is 49.2 Å². The molecule has 18 nitrogen and oxygen atoms in total. The molecular weight excluding hydrogens is 992 g/mol. The number of carbonyl (C=O) groups excluding carboxylic acids is 7. The first-order valence-corrected chi connectivity index (χ1v) is 24.4. The van der Waals surface area contributed by atoms with Crippen LogP contribution in [0.25, 0.3) is 0 Å². The second-order valence-electron chi connectivity index (χ2n) is 19.9. The third kappa shape index (κ3) is 11.3. The molecule has 11 atom stereocenters. The Hall–Kier alpha value is -6.51. The molecule has 19 heteroatoms. The topological polar surface area (TPSA) is 273 Å². The number of aromatic carboxylic acids is 1. The van der Waals surface area contributed by atoms with E-state index in [0.29, 0.717) is 12.1 Å². The molecule has 4 aliphatic rings. The predicted octanol–water partition coefficient (Wildman–Crippen LogP) is 1.39. The Labute approximate surface area is 462 Å². The van der Waals surface area contributed by atoms with Crippen molar-refractivity contribution in [3.05, 3.63) is 161 Å². The Morgan fingerprint density at radius 3 is 1.93 bits per heavy atom. The molecule has 76 heavy (non-hydrogen) atoms. The predicted molar refractivity (Wildman–Crippen MR) is 267 cm³/mol. The van der Waals surface area contributed by atoms with E-state index in [-0.39, 0.29) is 70.4 Å². The van der Waals surface area contributed by atoms with Crippen LogP contribution in [-0.4, -0.2) is 118 Å². The fourth-order valence-corrected chi connectivity index (χ4v) is 11.1. The zero-order valence-electron chi connectivity index (χ0n) is 43.4. The van der Waals surface area contributed by atoms with Crippen LogP contribution >= 0.6 is 0 Å². The van der Waals surface area contributed by atoms with Gasteiger partial charge in [-0.05, 0) is 72.5 Å². The summed E-state index contributed by atoms with van der Waals surface area (Å²) in [6.45, 7) is 12.2. The molecule has 0 radical (unpaired) electrons. The van der Waals surface area contributed by atoms with Crippen LogP contribution < -0.4 is 45.3 Å². The zero-order valence-corrected chi connectivity index (χ0v) is 45.4. The van der Waals surface area contributed by atoms with Gasteiger partial charge in [0.2, 0.25) is 0 Å². The number of aliphatic hydroxyl groups excluding tert-OH is 2. The van der Waals surface area contributed by atoms with E-state index in [2.05, 4.69) is 17.2 Å². The van der Waals surface area contributed by atoms with E-state index < -0.39 is 119 Å². The molecule has 5 N–H and O–H groups in total. The van der Waals surface area contributed by atoms with Gasteiger partial charge in [0.1, 0.15) is 23.9 Å². The number of carboxylic acids is 1. The Morgan fingerprint density at radius 1 is 0.829 bits per heavy atom. The molecule has 4 aromatic rings. The summed E-state index contributed by atoms with van der Waals surface area (Å²) in [5.74, 6) is -8.00. The van der Waals surface area contributed by atoms with Crippen LogP contribution in [0.1, 0.15) is 97.1 Å². The van der Waals surface area contributed by atoms with Crippen LogP contribution in [0.4, 0.5) is 5.69 Å². The number of esters is 4. The molecule has 3 aliphatic carbocycles. The quantitative estimate of drug-likeness (QED) is 0.0517. The molecule has 2 saturated carbocycles. The van der Waals surface area contributed by atoms with Gasteiger partial charge in [0.15, 0.2) is 23.6 Å². The van der Waals surface area contributed by atoms with Crippen molar-refractivity contribution in [1.29, 1.82) is 0 Å². The molecule has 0 unspecified atom stereocenters. The summed E-state index contributed by atoms with van der Waals surface area (Å²) >= 11 is 0. The van der Waals surface area contributed by atoms with Crippen LogP contribution in [0.2, 0.25) is 0 Å². The molecule has 3 fully saturated rings. The van der Waals surface area contributed by atoms with Crippen LogP contribution in [0.3, 0.4) is 0 Å². The number of ketones is 1. The largest absolute Gasteiger partial charge is 1.00 e. The molecule has 0 spiro atoms. The second kappa shape index (κ2) is 23.8. The summed E-state index contributed by atoms with van der Waals surface area (Å²) in [6.07, 6.45) is -8.78. The molecule has 1 aliphatic heterocycles. The minimum absolute atomic E-state index is 0. The third-order valence-corrected chi connectivity index (χ3v) is 15.1. The first-order valence-electron chi connectivity index (χ1n) is 24.4. The number of amides is 1. The minimum atomic E-state index is -2.39. The van der Waals surface area contributed by atoms with E-state index in [0.717, 1.165) is 19.5 Å². The van der Waals surface area contributed by atoms with Gasteiger partial charge in [-0.2, -0.15) is 0 Å². The van der Waals surface area contributed by atoms with Crippen LogP contribution in [-0.2, 0) is 42.9 Å². The summed E-state index contributed by atoms with van der Waals surface area (Å²) in [6, 6.07) is 29.3. The van der Waals surface area contributed by atoms with Gasteiger partial charge < -0.3 is 59.5 Å². The van der Waals surface area contributed by atoms with E-state index in [1.54, 1.807) is 111 Å². The maximum atomic E-state index is 15.5. The number of hydrogen-bond acceptors (Lipinski definition) is 17. The zero-order chi connectivity index (χ0) is 54.6. The molecule has 2 bridgehead atoms. The number of carboxylic acid groups (broad SMARTS) is 1. The van der Waals surface area contributed by atoms with Crippen molar-refractivity contribution in [3.8, 4) is 0 Å². The van der Waals surface area contributed by atoms with E-state index in [1.807, 2.05) is 0 Å². The molecule has 8 rings (SSSR count). The number of rotatable bonds is 14. The average Bonchev–Trinajstić information content (AvgIpc) is 3.50. The molecule has 1 heterocycles. The molecule has 0 aromatic heterocycles. The van der Waals surface area contributed by atoms with Gasteiger partial charge in [-0.1, -0.05) is 98.8 Å². The molecular formula is C57H61N2NaO16. The molecule has 1 amide bonds. The molecule has 396 valence electrons. The Bertz CT molecular complexity index is 2850. The summed E-state index contributed by atoms with van der Waals surface area (Å²) in [5, 5.41) is 53.6. The summed E-state index contributed by atoms with van der Waals surface area (Å²) in [5.41, 5.74) is -5.97. The van der Waals surface area contributed by atoms with Crippen molar-refractivity contribution in [1.82, 2.24) is 5.32 Å².